The topological polar surface area (TPSA) is 0 Å². The third-order valence-corrected chi connectivity index (χ3v) is 5.66. The van der Waals surface area contributed by atoms with Crippen molar-refractivity contribution in [3.05, 3.63) is 58.1 Å². The van der Waals surface area contributed by atoms with E-state index in [-0.39, 0.29) is 16.5 Å². The van der Waals surface area contributed by atoms with Gasteiger partial charge in [0.1, 0.15) is 0 Å². The van der Waals surface area contributed by atoms with Gasteiger partial charge >= 0.3 is 0 Å². The largest absolute Gasteiger partial charge is 0.0599 e. The second-order valence-corrected chi connectivity index (χ2v) is 7.96. The van der Waals surface area contributed by atoms with Crippen LogP contribution in [0.1, 0.15) is 82.8 Å². The van der Waals surface area contributed by atoms with Gasteiger partial charge in [-0.15, -0.1) is 0 Å². The fourth-order valence-electron chi connectivity index (χ4n) is 3.56. The molecule has 0 saturated heterocycles. The van der Waals surface area contributed by atoms with Gasteiger partial charge in [0.2, 0.25) is 0 Å². The van der Waals surface area contributed by atoms with Crippen molar-refractivity contribution in [1.82, 2.24) is 0 Å². The predicted molar refractivity (Wildman–Crippen MR) is 106 cm³/mol. The van der Waals surface area contributed by atoms with Crippen molar-refractivity contribution in [3.8, 4) is 11.1 Å². The lowest BCUT2D eigenvalue weighted by molar-refractivity contribution is 0.224. The fourth-order valence-corrected chi connectivity index (χ4v) is 3.56. The minimum atomic E-state index is -2.42. The molecule has 0 spiro atoms. The van der Waals surface area contributed by atoms with Gasteiger partial charge in [-0.05, 0) is 103 Å². The molecule has 0 atom stereocenters. The van der Waals surface area contributed by atoms with Crippen molar-refractivity contribution in [2.24, 2.45) is 5.41 Å². The molecular formula is C24H32. The first-order valence-corrected chi connectivity index (χ1v) is 8.81. The van der Waals surface area contributed by atoms with Gasteiger partial charge in [-0.3, -0.25) is 0 Å². The fraction of sp³-hybridized carbons (Fsp3) is 0.500. The summed E-state index contributed by atoms with van der Waals surface area (Å²) in [7, 11) is 0. The highest BCUT2D eigenvalue weighted by molar-refractivity contribution is 5.72. The number of rotatable bonds is 2. The average Bonchev–Trinajstić information content (AvgIpc) is 2.64. The van der Waals surface area contributed by atoms with Crippen LogP contribution in [0.4, 0.5) is 0 Å². The van der Waals surface area contributed by atoms with Crippen LogP contribution >= 0.6 is 0 Å². The first kappa shape index (κ1) is 10.4. The molecule has 0 aliphatic heterocycles. The van der Waals surface area contributed by atoms with Gasteiger partial charge in [-0.1, -0.05) is 44.2 Å². The first-order valence-electron chi connectivity index (χ1n) is 12.3. The van der Waals surface area contributed by atoms with E-state index in [0.29, 0.717) is 35.1 Å². The molecule has 1 aliphatic rings. The van der Waals surface area contributed by atoms with Crippen LogP contribution in [-0.4, -0.2) is 0 Å². The summed E-state index contributed by atoms with van der Waals surface area (Å²) in [6, 6.07) is 8.73. The summed E-state index contributed by atoms with van der Waals surface area (Å²) >= 11 is 0. The van der Waals surface area contributed by atoms with Crippen LogP contribution < -0.4 is 0 Å². The van der Waals surface area contributed by atoms with Crippen LogP contribution in [0.15, 0.2) is 30.3 Å². The summed E-state index contributed by atoms with van der Waals surface area (Å²) in [6.07, 6.45) is 3.21. The van der Waals surface area contributed by atoms with Crippen molar-refractivity contribution in [3.63, 3.8) is 0 Å². The van der Waals surface area contributed by atoms with Crippen molar-refractivity contribution >= 4 is 0 Å². The number of hydrogen-bond acceptors (Lipinski definition) is 0. The molecule has 0 nitrogen and oxygen atoms in total. The third-order valence-electron chi connectivity index (χ3n) is 5.66. The van der Waals surface area contributed by atoms with E-state index < -0.39 is 19.6 Å². The Kier molecular flexibility index (Phi) is 2.78. The molecule has 0 aromatic heterocycles. The van der Waals surface area contributed by atoms with E-state index in [1.807, 2.05) is 19.1 Å². The van der Waals surface area contributed by atoms with Gasteiger partial charge in [0.15, 0.2) is 0 Å². The lowest BCUT2D eigenvalue weighted by atomic mass is 9.71. The molecule has 0 amide bonds. The molecule has 0 heterocycles. The smallest absolute Gasteiger partial charge is 0.0352 e. The van der Waals surface area contributed by atoms with E-state index in [4.69, 9.17) is 9.60 Å². The first-order chi connectivity index (χ1) is 14.1. The van der Waals surface area contributed by atoms with Gasteiger partial charge < -0.3 is 0 Å². The van der Waals surface area contributed by atoms with Crippen LogP contribution in [0, 0.1) is 33.0 Å². The summed E-state index contributed by atoms with van der Waals surface area (Å²) in [5.74, 6) is -0.815. The minimum absolute atomic E-state index is 0.121. The van der Waals surface area contributed by atoms with E-state index in [9.17, 15) is 0 Å². The highest BCUT2D eigenvalue weighted by atomic mass is 14.3. The normalized spacial score (nSPS) is 24.6. The molecule has 0 N–H and O–H groups in total. The maximum absolute atomic E-state index is 9.04. The van der Waals surface area contributed by atoms with Gasteiger partial charge in [0.05, 0.1) is 0 Å². The zero-order chi connectivity index (χ0) is 23.4. The lowest BCUT2D eigenvalue weighted by Crippen LogP contribution is -2.20. The SMILES string of the molecule is [2H]C([2H])([2H])c1cc(C2([2H])CCC(C)(C)CC2)ccc1-c1ccc(C)c(C)c1C([2H])([2H])[2H]. The summed E-state index contributed by atoms with van der Waals surface area (Å²) in [5.41, 5.74) is 3.59. The maximum Gasteiger partial charge on any atom is 0.0352 e. The highest BCUT2D eigenvalue weighted by Crippen LogP contribution is 2.43. The zero-order valence-corrected chi connectivity index (χ0v) is 15.2. The number of benzene rings is 2. The molecule has 1 saturated carbocycles. The molecule has 24 heavy (non-hydrogen) atoms. The van der Waals surface area contributed by atoms with Crippen molar-refractivity contribution in [2.75, 3.05) is 0 Å². The van der Waals surface area contributed by atoms with Crippen molar-refractivity contribution < 1.29 is 9.60 Å². The van der Waals surface area contributed by atoms with Crippen LogP contribution in [-0.2, 0) is 0 Å². The molecule has 0 radical (unpaired) electrons. The molecule has 0 bridgehead atoms. The third kappa shape index (κ3) is 3.29. The summed E-state index contributed by atoms with van der Waals surface area (Å²) in [4.78, 5) is 0. The minimum Gasteiger partial charge on any atom is -0.0599 e. The molecule has 0 unspecified atom stereocenters. The zero-order valence-electron chi connectivity index (χ0n) is 22.2. The Balaban J connectivity index is 2.20. The van der Waals surface area contributed by atoms with Gasteiger partial charge in [-0.25, -0.2) is 0 Å². The second-order valence-electron chi connectivity index (χ2n) is 7.96. The molecule has 0 heteroatoms. The maximum atomic E-state index is 9.04. The standard InChI is InChI=1S/C24H32/c1-16-7-9-23(19(4)18(16)3)22-10-8-21(15-17(22)2)20-11-13-24(5,6)14-12-20/h7-10,15,20H,11-14H2,1-6H3/i2D3,4D3,20D. The van der Waals surface area contributed by atoms with E-state index in [1.54, 1.807) is 25.1 Å². The van der Waals surface area contributed by atoms with Gasteiger partial charge in [0.25, 0.3) is 0 Å². The quantitative estimate of drug-likeness (QED) is 0.544. The van der Waals surface area contributed by atoms with Gasteiger partial charge in [0, 0.05) is 9.60 Å². The predicted octanol–water partition coefficient (Wildman–Crippen LogP) is 7.27. The Morgan fingerprint density at radius 3 is 2.29 bits per heavy atom. The Morgan fingerprint density at radius 1 is 0.917 bits per heavy atom. The van der Waals surface area contributed by atoms with Crippen molar-refractivity contribution in [2.45, 2.75) is 73.0 Å². The second kappa shape index (κ2) is 6.39. The van der Waals surface area contributed by atoms with E-state index >= 15 is 0 Å². The van der Waals surface area contributed by atoms with Crippen LogP contribution in [0.2, 0.25) is 0 Å². The Morgan fingerprint density at radius 2 is 1.62 bits per heavy atom. The summed E-state index contributed by atoms with van der Waals surface area (Å²) in [6.45, 7) is 3.27. The van der Waals surface area contributed by atoms with E-state index in [2.05, 4.69) is 13.8 Å². The summed E-state index contributed by atoms with van der Waals surface area (Å²) < 4.78 is 57.7. The van der Waals surface area contributed by atoms with Crippen LogP contribution in [0.25, 0.3) is 11.1 Å². The molecule has 128 valence electrons. The molecule has 2 aromatic rings. The number of hydrogen-bond donors (Lipinski definition) is 0. The Hall–Kier alpha value is -1.56. The highest BCUT2D eigenvalue weighted by Gasteiger charge is 2.27. The monoisotopic (exact) mass is 327 g/mol. The molecule has 1 fully saturated rings. The number of aryl methyl sites for hydroxylation is 2. The molecule has 1 aliphatic carbocycles. The Labute approximate surface area is 158 Å². The molecular weight excluding hydrogens is 288 g/mol. The average molecular weight is 328 g/mol. The van der Waals surface area contributed by atoms with Crippen LogP contribution in [0.3, 0.4) is 0 Å². The summed E-state index contributed by atoms with van der Waals surface area (Å²) in [5, 5.41) is 0. The van der Waals surface area contributed by atoms with Gasteiger partial charge in [-0.2, -0.15) is 0 Å². The molecule has 3 rings (SSSR count). The Bertz CT molecular complexity index is 971. The molecule has 2 aromatic carbocycles. The lowest BCUT2D eigenvalue weighted by Gasteiger charge is -2.34. The van der Waals surface area contributed by atoms with Crippen LogP contribution in [0.5, 0.6) is 0 Å². The van der Waals surface area contributed by atoms with E-state index in [0.717, 1.165) is 18.4 Å². The van der Waals surface area contributed by atoms with E-state index in [1.165, 1.54) is 0 Å². The van der Waals surface area contributed by atoms with Crippen molar-refractivity contribution in [1.29, 1.82) is 0 Å².